The SMILES string of the molecule is NC(=O)c1ccccc1OCCC[N+]12CCC(CC1)[C@@H](OC(=O)[C@](O)(c1cccs1)C1CCCC1)C2. The maximum Gasteiger partial charge on any atom is 0.344 e. The monoisotopic (exact) mass is 513 g/mol. The molecule has 2 atom stereocenters. The van der Waals surface area contributed by atoms with Crippen LogP contribution < -0.4 is 10.5 Å². The Morgan fingerprint density at radius 3 is 2.53 bits per heavy atom. The quantitative estimate of drug-likeness (QED) is 0.286. The molecule has 3 N–H and O–H groups in total. The molecule has 4 fully saturated rings. The van der Waals surface area contributed by atoms with Gasteiger partial charge >= 0.3 is 5.97 Å². The van der Waals surface area contributed by atoms with Gasteiger partial charge in [-0.05, 0) is 36.4 Å². The van der Waals surface area contributed by atoms with Crippen LogP contribution in [0.2, 0.25) is 0 Å². The van der Waals surface area contributed by atoms with Crippen molar-refractivity contribution in [3.8, 4) is 5.75 Å². The molecular formula is C28H37N2O5S+. The van der Waals surface area contributed by atoms with Crippen LogP contribution in [0.4, 0.5) is 0 Å². The lowest BCUT2D eigenvalue weighted by molar-refractivity contribution is -0.946. The summed E-state index contributed by atoms with van der Waals surface area (Å²) in [5.74, 6) is -0.137. The molecule has 1 aromatic heterocycles. The van der Waals surface area contributed by atoms with E-state index in [0.717, 1.165) is 75.6 Å². The standard InChI is InChI=1S/C28H36N2O5S/c29-26(31)22-9-3-4-10-23(22)34-17-6-14-30-15-12-20(13-16-30)24(19-30)35-27(32)28(33,21-7-1-2-8-21)25-11-5-18-36-25/h3-5,9-11,18,20-21,24,33H,1-2,6-8,12-17,19H2,(H-,29,31)/p+1/t20?,24-,28+,30?/m0/s1. The molecule has 1 amide bonds. The Hall–Kier alpha value is -2.42. The molecule has 8 heteroatoms. The average molecular weight is 514 g/mol. The summed E-state index contributed by atoms with van der Waals surface area (Å²) in [5, 5.41) is 13.6. The van der Waals surface area contributed by atoms with Crippen LogP contribution in [0, 0.1) is 11.8 Å². The lowest BCUT2D eigenvalue weighted by Crippen LogP contribution is -2.65. The van der Waals surface area contributed by atoms with Gasteiger partial charge < -0.3 is 24.8 Å². The lowest BCUT2D eigenvalue weighted by Gasteiger charge is -2.52. The summed E-state index contributed by atoms with van der Waals surface area (Å²) in [5.41, 5.74) is 4.32. The first-order chi connectivity index (χ1) is 17.4. The summed E-state index contributed by atoms with van der Waals surface area (Å²) in [6.45, 7) is 4.37. The van der Waals surface area contributed by atoms with Gasteiger partial charge in [0.1, 0.15) is 12.3 Å². The van der Waals surface area contributed by atoms with Crippen LogP contribution in [0.1, 0.15) is 60.2 Å². The van der Waals surface area contributed by atoms with Crippen molar-refractivity contribution in [3.05, 3.63) is 52.2 Å². The first-order valence-corrected chi connectivity index (χ1v) is 14.1. The molecule has 4 heterocycles. The number of fused-ring (bicyclic) bond motifs is 3. The number of esters is 1. The number of primary amides is 1. The number of amides is 1. The van der Waals surface area contributed by atoms with Crippen molar-refractivity contribution >= 4 is 23.2 Å². The third kappa shape index (κ3) is 4.91. The number of rotatable bonds is 10. The van der Waals surface area contributed by atoms with Gasteiger partial charge in [-0.3, -0.25) is 4.79 Å². The summed E-state index contributed by atoms with van der Waals surface area (Å²) in [6.07, 6.45) is 6.54. The largest absolute Gasteiger partial charge is 0.493 e. The molecule has 3 aliphatic heterocycles. The normalized spacial score (nSPS) is 27.5. The van der Waals surface area contributed by atoms with E-state index in [-0.39, 0.29) is 12.0 Å². The second-order valence-electron chi connectivity index (χ2n) is 10.8. The Labute approximate surface area is 216 Å². The van der Waals surface area contributed by atoms with E-state index in [1.165, 1.54) is 11.3 Å². The van der Waals surface area contributed by atoms with Crippen LogP contribution in [0.25, 0.3) is 0 Å². The summed E-state index contributed by atoms with van der Waals surface area (Å²) < 4.78 is 13.0. The first kappa shape index (κ1) is 25.2. The number of hydrogen-bond acceptors (Lipinski definition) is 6. The fourth-order valence-corrected chi connectivity index (χ4v) is 7.47. The summed E-state index contributed by atoms with van der Waals surface area (Å²) in [6, 6.07) is 10.8. The van der Waals surface area contributed by atoms with Gasteiger partial charge in [-0.1, -0.05) is 31.0 Å². The number of piperidine rings is 3. The number of para-hydroxylation sites is 1. The molecule has 2 aromatic rings. The van der Waals surface area contributed by atoms with Crippen LogP contribution in [0.5, 0.6) is 5.75 Å². The van der Waals surface area contributed by atoms with Crippen LogP contribution in [0.3, 0.4) is 0 Å². The van der Waals surface area contributed by atoms with E-state index < -0.39 is 17.5 Å². The third-order valence-corrected chi connectivity index (χ3v) is 9.64. The van der Waals surface area contributed by atoms with E-state index >= 15 is 0 Å². The molecule has 0 unspecified atom stereocenters. The number of nitrogens with zero attached hydrogens (tertiary/aromatic N) is 1. The zero-order valence-electron chi connectivity index (χ0n) is 20.8. The molecule has 0 radical (unpaired) electrons. The highest BCUT2D eigenvalue weighted by Crippen LogP contribution is 2.44. The fraction of sp³-hybridized carbons (Fsp3) is 0.571. The van der Waals surface area contributed by atoms with Crippen molar-refractivity contribution in [2.45, 2.75) is 56.7 Å². The number of carbonyl (C=O) groups is 2. The third-order valence-electron chi connectivity index (χ3n) is 8.64. The number of quaternary nitrogens is 1. The Bertz CT molecular complexity index is 1060. The minimum absolute atomic E-state index is 0.0756. The number of benzene rings is 1. The van der Waals surface area contributed by atoms with Gasteiger partial charge in [0.25, 0.3) is 5.91 Å². The molecule has 1 aliphatic carbocycles. The lowest BCUT2D eigenvalue weighted by atomic mass is 9.82. The van der Waals surface area contributed by atoms with E-state index in [0.29, 0.717) is 28.7 Å². The molecule has 1 aromatic carbocycles. The highest BCUT2D eigenvalue weighted by molar-refractivity contribution is 7.10. The Morgan fingerprint density at radius 1 is 1.08 bits per heavy atom. The number of hydrogen-bond donors (Lipinski definition) is 2. The van der Waals surface area contributed by atoms with E-state index in [1.807, 2.05) is 23.6 Å². The van der Waals surface area contributed by atoms with E-state index in [2.05, 4.69) is 0 Å². The number of carbonyl (C=O) groups excluding carboxylic acids is 2. The van der Waals surface area contributed by atoms with Crippen molar-refractivity contribution < 1.29 is 28.7 Å². The molecule has 2 bridgehead atoms. The summed E-state index contributed by atoms with van der Waals surface area (Å²) in [7, 11) is 0. The predicted molar refractivity (Wildman–Crippen MR) is 138 cm³/mol. The Balaban J connectivity index is 1.21. The van der Waals surface area contributed by atoms with Crippen LogP contribution >= 0.6 is 11.3 Å². The summed E-state index contributed by atoms with van der Waals surface area (Å²) in [4.78, 5) is 25.9. The maximum absolute atomic E-state index is 13.6. The number of thiophene rings is 1. The zero-order chi connectivity index (χ0) is 25.2. The van der Waals surface area contributed by atoms with Crippen molar-refractivity contribution in [3.63, 3.8) is 0 Å². The maximum atomic E-state index is 13.6. The minimum Gasteiger partial charge on any atom is -0.493 e. The molecule has 4 aliphatic rings. The zero-order valence-corrected chi connectivity index (χ0v) is 21.6. The Morgan fingerprint density at radius 2 is 1.83 bits per heavy atom. The molecule has 1 saturated carbocycles. The fourth-order valence-electron chi connectivity index (χ4n) is 6.58. The Kier molecular flexibility index (Phi) is 7.37. The van der Waals surface area contributed by atoms with Crippen molar-refractivity contribution in [1.82, 2.24) is 0 Å². The smallest absolute Gasteiger partial charge is 0.344 e. The highest BCUT2D eigenvalue weighted by atomic mass is 32.1. The second kappa shape index (κ2) is 10.5. The summed E-state index contributed by atoms with van der Waals surface area (Å²) >= 11 is 1.44. The van der Waals surface area contributed by atoms with Crippen molar-refractivity contribution in [1.29, 1.82) is 0 Å². The van der Waals surface area contributed by atoms with Crippen LogP contribution in [-0.2, 0) is 15.1 Å². The molecule has 0 spiro atoms. The van der Waals surface area contributed by atoms with Gasteiger partial charge in [0.2, 0.25) is 0 Å². The molecule has 6 rings (SSSR count). The van der Waals surface area contributed by atoms with Gasteiger partial charge in [-0.15, -0.1) is 11.3 Å². The van der Waals surface area contributed by atoms with E-state index in [4.69, 9.17) is 15.2 Å². The van der Waals surface area contributed by atoms with Gasteiger partial charge in [0, 0.05) is 36.0 Å². The first-order valence-electron chi connectivity index (χ1n) is 13.3. The van der Waals surface area contributed by atoms with Crippen LogP contribution in [0.15, 0.2) is 41.8 Å². The predicted octanol–water partition coefficient (Wildman–Crippen LogP) is 3.85. The molecule has 194 valence electrons. The number of ether oxygens (including phenoxy) is 2. The van der Waals surface area contributed by atoms with Crippen molar-refractivity contribution in [2.75, 3.05) is 32.8 Å². The molecule has 36 heavy (non-hydrogen) atoms. The second-order valence-corrected chi connectivity index (χ2v) is 11.7. The van der Waals surface area contributed by atoms with E-state index in [1.54, 1.807) is 18.2 Å². The van der Waals surface area contributed by atoms with Crippen LogP contribution in [-0.4, -0.2) is 60.4 Å². The number of nitrogens with two attached hydrogens (primary N) is 1. The van der Waals surface area contributed by atoms with Gasteiger partial charge in [0.15, 0.2) is 11.7 Å². The molecular weight excluding hydrogens is 476 g/mol. The van der Waals surface area contributed by atoms with Gasteiger partial charge in [-0.25, -0.2) is 4.79 Å². The minimum atomic E-state index is -1.54. The topological polar surface area (TPSA) is 98.9 Å². The highest BCUT2D eigenvalue weighted by Gasteiger charge is 2.53. The molecule has 3 saturated heterocycles. The number of aliphatic hydroxyl groups is 1. The van der Waals surface area contributed by atoms with Gasteiger partial charge in [0.05, 0.1) is 31.8 Å². The average Bonchev–Trinajstić information content (AvgIpc) is 3.62. The van der Waals surface area contributed by atoms with E-state index in [9.17, 15) is 14.7 Å². The van der Waals surface area contributed by atoms with Crippen molar-refractivity contribution in [2.24, 2.45) is 17.6 Å². The van der Waals surface area contributed by atoms with Gasteiger partial charge in [-0.2, -0.15) is 0 Å². The molecule has 7 nitrogen and oxygen atoms in total.